The molecule has 0 spiro atoms. The molecule has 5 nitrogen and oxygen atoms in total. The van der Waals surface area contributed by atoms with E-state index in [0.29, 0.717) is 24.4 Å². The van der Waals surface area contributed by atoms with Gasteiger partial charge in [0.25, 0.3) is 0 Å². The molecule has 2 heterocycles. The first-order chi connectivity index (χ1) is 15.7. The van der Waals surface area contributed by atoms with E-state index in [1.165, 1.54) is 0 Å². The fourth-order valence-electron chi connectivity index (χ4n) is 4.01. The molecule has 164 valence electrons. The predicted molar refractivity (Wildman–Crippen MR) is 129 cm³/mol. The third-order valence-corrected chi connectivity index (χ3v) is 5.93. The van der Waals surface area contributed by atoms with Gasteiger partial charge < -0.3 is 9.88 Å². The quantitative estimate of drug-likeness (QED) is 0.375. The van der Waals surface area contributed by atoms with Crippen LogP contribution in [0.25, 0.3) is 11.0 Å². The van der Waals surface area contributed by atoms with E-state index < -0.39 is 0 Å². The Morgan fingerprint density at radius 2 is 1.84 bits per heavy atom. The van der Waals surface area contributed by atoms with E-state index in [0.717, 1.165) is 41.0 Å². The predicted octanol–water partition coefficient (Wildman–Crippen LogP) is 5.38. The van der Waals surface area contributed by atoms with Gasteiger partial charge in [0.1, 0.15) is 11.9 Å². The lowest BCUT2D eigenvalue weighted by molar-refractivity contribution is -0.124. The Morgan fingerprint density at radius 1 is 1.06 bits per heavy atom. The minimum atomic E-state index is -0.339. The summed E-state index contributed by atoms with van der Waals surface area (Å²) in [6.07, 6.45) is 4.65. The highest BCUT2D eigenvalue weighted by atomic mass is 35.5. The molecular weight excluding hydrogens is 420 g/mol. The van der Waals surface area contributed by atoms with Gasteiger partial charge >= 0.3 is 0 Å². The van der Waals surface area contributed by atoms with Crippen LogP contribution in [0, 0.1) is 0 Å². The third-order valence-electron chi connectivity index (χ3n) is 5.56. The number of rotatable bonds is 9. The molecule has 2 aromatic carbocycles. The zero-order valence-corrected chi connectivity index (χ0v) is 18.9. The highest BCUT2D eigenvalue weighted by molar-refractivity contribution is 6.31. The van der Waals surface area contributed by atoms with Crippen LogP contribution in [-0.2, 0) is 17.6 Å². The number of hydrogen-bond donors (Lipinski definition) is 1. The minimum absolute atomic E-state index is 0.00587. The molecule has 1 N–H and O–H groups in total. The average molecular weight is 447 g/mol. The van der Waals surface area contributed by atoms with Crippen LogP contribution >= 0.6 is 11.6 Å². The second-order valence-electron chi connectivity index (χ2n) is 7.82. The number of fused-ring (bicyclic) bond motifs is 1. The molecule has 0 aliphatic rings. The van der Waals surface area contributed by atoms with Crippen molar-refractivity contribution in [2.75, 3.05) is 6.54 Å². The maximum Gasteiger partial charge on any atom is 0.243 e. The molecule has 0 saturated heterocycles. The van der Waals surface area contributed by atoms with Gasteiger partial charge in [-0.05, 0) is 42.3 Å². The lowest BCUT2D eigenvalue weighted by Crippen LogP contribution is -2.34. The van der Waals surface area contributed by atoms with Crippen molar-refractivity contribution in [2.45, 2.75) is 38.6 Å². The van der Waals surface area contributed by atoms with Crippen LogP contribution < -0.4 is 5.32 Å². The molecule has 0 aliphatic carbocycles. The Kier molecular flexibility index (Phi) is 7.17. The van der Waals surface area contributed by atoms with Crippen molar-refractivity contribution < 1.29 is 4.79 Å². The summed E-state index contributed by atoms with van der Waals surface area (Å²) in [5.74, 6) is 0.851. The van der Waals surface area contributed by atoms with E-state index in [1.54, 1.807) is 6.20 Å². The molecule has 4 aromatic rings. The average Bonchev–Trinajstić information content (AvgIpc) is 3.17. The van der Waals surface area contributed by atoms with Gasteiger partial charge in [0.15, 0.2) is 0 Å². The SMILES string of the molecule is CCC[C@H](C(=O)NCCc1ccccn1)n1c(Cc2ccccc2Cl)nc2ccccc21. The molecule has 32 heavy (non-hydrogen) atoms. The topological polar surface area (TPSA) is 59.8 Å². The summed E-state index contributed by atoms with van der Waals surface area (Å²) in [5.41, 5.74) is 3.81. The van der Waals surface area contributed by atoms with Crippen molar-refractivity contribution in [1.29, 1.82) is 0 Å². The number of imidazole rings is 1. The Morgan fingerprint density at radius 3 is 2.62 bits per heavy atom. The van der Waals surface area contributed by atoms with E-state index >= 15 is 0 Å². The molecular formula is C26H27ClN4O. The number of carbonyl (C=O) groups excluding carboxylic acids is 1. The number of nitrogens with one attached hydrogen (secondary N) is 1. The molecule has 1 atom stereocenters. The molecule has 0 fully saturated rings. The van der Waals surface area contributed by atoms with Crippen LogP contribution in [0.2, 0.25) is 5.02 Å². The van der Waals surface area contributed by atoms with Gasteiger partial charge in [-0.25, -0.2) is 4.98 Å². The van der Waals surface area contributed by atoms with Gasteiger partial charge in [0, 0.05) is 36.3 Å². The van der Waals surface area contributed by atoms with Crippen molar-refractivity contribution in [2.24, 2.45) is 0 Å². The highest BCUT2D eigenvalue weighted by Gasteiger charge is 2.25. The summed E-state index contributed by atoms with van der Waals surface area (Å²) in [4.78, 5) is 22.5. The monoisotopic (exact) mass is 446 g/mol. The maximum atomic E-state index is 13.3. The smallest absolute Gasteiger partial charge is 0.243 e. The van der Waals surface area contributed by atoms with Crippen molar-refractivity contribution in [3.8, 4) is 0 Å². The summed E-state index contributed by atoms with van der Waals surface area (Å²) in [7, 11) is 0. The van der Waals surface area contributed by atoms with E-state index in [9.17, 15) is 4.79 Å². The molecule has 6 heteroatoms. The Labute approximate surface area is 193 Å². The number of halogens is 1. The summed E-state index contributed by atoms with van der Waals surface area (Å²) >= 11 is 6.43. The number of para-hydroxylation sites is 2. The number of amides is 1. The van der Waals surface area contributed by atoms with Crippen LogP contribution in [0.4, 0.5) is 0 Å². The number of hydrogen-bond acceptors (Lipinski definition) is 3. The standard InChI is InChI=1S/C26H27ClN4O/c1-2-9-24(26(32)29-17-15-20-11-7-8-16-28-20)31-23-14-6-5-13-22(23)30-25(31)18-19-10-3-4-12-21(19)27/h3-8,10-14,16,24H,2,9,15,17-18H2,1H3,(H,29,32)/t24-/m1/s1. The number of nitrogens with zero attached hydrogens (tertiary/aromatic N) is 3. The molecule has 0 aliphatic heterocycles. The second-order valence-corrected chi connectivity index (χ2v) is 8.23. The van der Waals surface area contributed by atoms with Gasteiger partial charge in [-0.15, -0.1) is 0 Å². The Balaban J connectivity index is 1.63. The fraction of sp³-hybridized carbons (Fsp3) is 0.269. The summed E-state index contributed by atoms with van der Waals surface area (Å²) in [6.45, 7) is 2.64. The first-order valence-electron chi connectivity index (χ1n) is 11.0. The fourth-order valence-corrected chi connectivity index (χ4v) is 4.21. The molecule has 4 rings (SSSR count). The number of aromatic nitrogens is 3. The normalized spacial score (nSPS) is 12.1. The molecule has 0 unspecified atom stereocenters. The number of pyridine rings is 1. The lowest BCUT2D eigenvalue weighted by atomic mass is 10.1. The van der Waals surface area contributed by atoms with Crippen LogP contribution in [0.15, 0.2) is 72.9 Å². The molecule has 0 saturated carbocycles. The van der Waals surface area contributed by atoms with Crippen molar-refractivity contribution >= 4 is 28.5 Å². The summed E-state index contributed by atoms with van der Waals surface area (Å²) in [6, 6.07) is 21.3. The van der Waals surface area contributed by atoms with Crippen molar-refractivity contribution in [1.82, 2.24) is 19.9 Å². The summed E-state index contributed by atoms with van der Waals surface area (Å²) < 4.78 is 2.10. The number of benzene rings is 2. The maximum absolute atomic E-state index is 13.3. The number of carbonyl (C=O) groups is 1. The summed E-state index contributed by atoms with van der Waals surface area (Å²) in [5, 5.41) is 3.82. The van der Waals surface area contributed by atoms with Crippen molar-refractivity contribution in [3.63, 3.8) is 0 Å². The zero-order chi connectivity index (χ0) is 22.3. The lowest BCUT2D eigenvalue weighted by Gasteiger charge is -2.21. The van der Waals surface area contributed by atoms with Crippen LogP contribution in [0.5, 0.6) is 0 Å². The Bertz CT molecular complexity index is 1190. The van der Waals surface area contributed by atoms with Gasteiger partial charge in [-0.3, -0.25) is 9.78 Å². The van der Waals surface area contributed by atoms with Gasteiger partial charge in [0.2, 0.25) is 5.91 Å². The van der Waals surface area contributed by atoms with Crippen LogP contribution in [-0.4, -0.2) is 27.0 Å². The first kappa shape index (κ1) is 22.0. The van der Waals surface area contributed by atoms with Crippen molar-refractivity contribution in [3.05, 3.63) is 95.0 Å². The van der Waals surface area contributed by atoms with Crippen LogP contribution in [0.1, 0.15) is 42.9 Å². The molecule has 0 bridgehead atoms. The van der Waals surface area contributed by atoms with E-state index in [2.05, 4.69) is 21.8 Å². The highest BCUT2D eigenvalue weighted by Crippen LogP contribution is 2.27. The molecule has 0 radical (unpaired) electrons. The van der Waals surface area contributed by atoms with E-state index in [1.807, 2.05) is 66.7 Å². The zero-order valence-electron chi connectivity index (χ0n) is 18.2. The first-order valence-corrected chi connectivity index (χ1v) is 11.4. The van der Waals surface area contributed by atoms with Gasteiger partial charge in [-0.1, -0.05) is 61.3 Å². The van der Waals surface area contributed by atoms with Crippen LogP contribution in [0.3, 0.4) is 0 Å². The third kappa shape index (κ3) is 5.00. The van der Waals surface area contributed by atoms with Gasteiger partial charge in [0.05, 0.1) is 11.0 Å². The van der Waals surface area contributed by atoms with E-state index in [-0.39, 0.29) is 11.9 Å². The molecule has 2 aromatic heterocycles. The largest absolute Gasteiger partial charge is 0.354 e. The van der Waals surface area contributed by atoms with E-state index in [4.69, 9.17) is 16.6 Å². The van der Waals surface area contributed by atoms with Gasteiger partial charge in [-0.2, -0.15) is 0 Å². The molecule has 1 amide bonds. The second kappa shape index (κ2) is 10.4. The Hall–Kier alpha value is -3.18. The minimum Gasteiger partial charge on any atom is -0.354 e.